The Balaban J connectivity index is 2.69. The molecule has 0 radical (unpaired) electrons. The van der Waals surface area contributed by atoms with Crippen LogP contribution in [0.3, 0.4) is 0 Å². The molecule has 0 aliphatic rings. The molecule has 0 bridgehead atoms. The molecule has 1 unspecified atom stereocenters. The molecule has 0 aliphatic heterocycles. The smallest absolute Gasteiger partial charge is 0.227 e. The topological polar surface area (TPSA) is 59.2 Å². The number of hydrogen-bond donors (Lipinski definition) is 1. The van der Waals surface area contributed by atoms with Crippen LogP contribution in [0.2, 0.25) is 0 Å². The summed E-state index contributed by atoms with van der Waals surface area (Å²) in [6.07, 6.45) is 0.734. The van der Waals surface area contributed by atoms with E-state index in [0.717, 1.165) is 6.42 Å². The Bertz CT molecular complexity index is 289. The molecule has 14 heavy (non-hydrogen) atoms. The molecule has 0 saturated carbocycles. The second-order valence-corrected chi connectivity index (χ2v) is 4.71. The first-order chi connectivity index (χ1) is 6.42. The van der Waals surface area contributed by atoms with E-state index in [1.807, 2.05) is 6.92 Å². The lowest BCUT2D eigenvalue weighted by Crippen LogP contribution is -2.09. The zero-order valence-corrected chi connectivity index (χ0v) is 9.24. The van der Waals surface area contributed by atoms with Crippen LogP contribution in [0, 0.1) is 5.41 Å². The molecule has 4 heteroatoms. The van der Waals surface area contributed by atoms with Gasteiger partial charge < -0.3 is 9.63 Å². The van der Waals surface area contributed by atoms with Crippen molar-refractivity contribution in [1.29, 1.82) is 0 Å². The average molecular weight is 198 g/mol. The first-order valence-electron chi connectivity index (χ1n) is 4.93. The zero-order valence-electron chi connectivity index (χ0n) is 9.24. The van der Waals surface area contributed by atoms with Crippen molar-refractivity contribution in [2.75, 3.05) is 0 Å². The Labute approximate surface area is 84.3 Å². The number of hydrogen-bond acceptors (Lipinski definition) is 4. The molecule has 0 saturated heterocycles. The van der Waals surface area contributed by atoms with Crippen molar-refractivity contribution >= 4 is 0 Å². The van der Waals surface area contributed by atoms with Crippen molar-refractivity contribution in [2.45, 2.75) is 46.6 Å². The highest BCUT2D eigenvalue weighted by Gasteiger charge is 2.18. The van der Waals surface area contributed by atoms with Crippen LogP contribution in [-0.4, -0.2) is 15.2 Å². The van der Waals surface area contributed by atoms with E-state index in [-0.39, 0.29) is 5.41 Å². The summed E-state index contributed by atoms with van der Waals surface area (Å²) in [5, 5.41) is 13.2. The zero-order chi connectivity index (χ0) is 10.8. The average Bonchev–Trinajstić information content (AvgIpc) is 2.48. The Morgan fingerprint density at radius 3 is 2.57 bits per heavy atom. The largest absolute Gasteiger partial charge is 0.385 e. The third kappa shape index (κ3) is 3.10. The fourth-order valence-electron chi connectivity index (χ4n) is 1.11. The summed E-state index contributed by atoms with van der Waals surface area (Å²) in [5.74, 6) is 0.992. The Hall–Kier alpha value is -0.900. The number of aliphatic hydroxyl groups is 1. The Kier molecular flexibility index (Phi) is 3.26. The number of aliphatic hydroxyl groups excluding tert-OH is 1. The van der Waals surface area contributed by atoms with Gasteiger partial charge in [-0.2, -0.15) is 4.98 Å². The van der Waals surface area contributed by atoms with Gasteiger partial charge in [-0.1, -0.05) is 32.9 Å². The van der Waals surface area contributed by atoms with E-state index in [1.165, 1.54) is 0 Å². The molecule has 1 aromatic heterocycles. The van der Waals surface area contributed by atoms with Crippen molar-refractivity contribution in [3.63, 3.8) is 0 Å². The van der Waals surface area contributed by atoms with Crippen molar-refractivity contribution < 1.29 is 9.63 Å². The molecular weight excluding hydrogens is 180 g/mol. The summed E-state index contributed by atoms with van der Waals surface area (Å²) in [6.45, 7) is 8.19. The van der Waals surface area contributed by atoms with Crippen molar-refractivity contribution in [3.8, 4) is 0 Å². The molecule has 0 spiro atoms. The predicted octanol–water partition coefficient (Wildman–Crippen LogP) is 2.10. The SMILES string of the molecule is CCC(O)c1noc(CC(C)(C)C)n1. The molecule has 1 rings (SSSR count). The van der Waals surface area contributed by atoms with Gasteiger partial charge in [0, 0.05) is 6.42 Å². The molecule has 4 nitrogen and oxygen atoms in total. The lowest BCUT2D eigenvalue weighted by molar-refractivity contribution is 0.159. The fourth-order valence-corrected chi connectivity index (χ4v) is 1.11. The highest BCUT2D eigenvalue weighted by molar-refractivity contribution is 4.92. The molecule has 0 amide bonds. The van der Waals surface area contributed by atoms with Gasteiger partial charge in [-0.3, -0.25) is 0 Å². The Morgan fingerprint density at radius 1 is 1.43 bits per heavy atom. The fraction of sp³-hybridized carbons (Fsp3) is 0.800. The third-order valence-electron chi connectivity index (χ3n) is 1.85. The molecule has 0 fully saturated rings. The first kappa shape index (κ1) is 11.2. The van der Waals surface area contributed by atoms with Gasteiger partial charge >= 0.3 is 0 Å². The molecule has 0 aliphatic carbocycles. The number of aromatic nitrogens is 2. The summed E-state index contributed by atoms with van der Waals surface area (Å²) in [7, 11) is 0. The predicted molar refractivity (Wildman–Crippen MR) is 52.7 cm³/mol. The highest BCUT2D eigenvalue weighted by Crippen LogP contribution is 2.20. The van der Waals surface area contributed by atoms with Gasteiger partial charge in [0.25, 0.3) is 0 Å². The minimum absolute atomic E-state index is 0.126. The minimum atomic E-state index is -0.604. The van der Waals surface area contributed by atoms with Gasteiger partial charge in [-0.15, -0.1) is 0 Å². The minimum Gasteiger partial charge on any atom is -0.385 e. The van der Waals surface area contributed by atoms with Gasteiger partial charge in [0.2, 0.25) is 5.89 Å². The summed E-state index contributed by atoms with van der Waals surface area (Å²) in [6, 6.07) is 0. The van der Waals surface area contributed by atoms with Crippen molar-refractivity contribution in [3.05, 3.63) is 11.7 Å². The summed E-state index contributed by atoms with van der Waals surface area (Å²) >= 11 is 0. The van der Waals surface area contributed by atoms with E-state index < -0.39 is 6.10 Å². The standard InChI is InChI=1S/C10H18N2O2/c1-5-7(13)9-11-8(14-12-9)6-10(2,3)4/h7,13H,5-6H2,1-4H3. The van der Waals surface area contributed by atoms with E-state index in [9.17, 15) is 5.11 Å². The maximum Gasteiger partial charge on any atom is 0.227 e. The quantitative estimate of drug-likeness (QED) is 0.808. The highest BCUT2D eigenvalue weighted by atomic mass is 16.5. The van der Waals surface area contributed by atoms with E-state index in [1.54, 1.807) is 0 Å². The molecular formula is C10H18N2O2. The summed E-state index contributed by atoms with van der Waals surface area (Å²) < 4.78 is 5.04. The van der Waals surface area contributed by atoms with E-state index >= 15 is 0 Å². The van der Waals surface area contributed by atoms with Crippen molar-refractivity contribution in [2.24, 2.45) is 5.41 Å². The van der Waals surface area contributed by atoms with Crippen LogP contribution in [0.25, 0.3) is 0 Å². The summed E-state index contributed by atoms with van der Waals surface area (Å²) in [4.78, 5) is 4.14. The van der Waals surface area contributed by atoms with Crippen LogP contribution in [0.5, 0.6) is 0 Å². The second kappa shape index (κ2) is 4.09. The monoisotopic (exact) mass is 198 g/mol. The van der Waals surface area contributed by atoms with Crippen LogP contribution in [0.15, 0.2) is 4.52 Å². The van der Waals surface area contributed by atoms with Crippen LogP contribution in [0.4, 0.5) is 0 Å². The molecule has 1 N–H and O–H groups in total. The van der Waals surface area contributed by atoms with E-state index in [2.05, 4.69) is 30.9 Å². The van der Waals surface area contributed by atoms with Crippen LogP contribution >= 0.6 is 0 Å². The lowest BCUT2D eigenvalue weighted by Gasteiger charge is -2.13. The van der Waals surface area contributed by atoms with Gasteiger partial charge in [0.05, 0.1) is 0 Å². The number of rotatable bonds is 3. The molecule has 1 atom stereocenters. The lowest BCUT2D eigenvalue weighted by atomic mass is 9.92. The van der Waals surface area contributed by atoms with E-state index in [4.69, 9.17) is 4.52 Å². The molecule has 1 aromatic rings. The first-order valence-corrected chi connectivity index (χ1v) is 4.93. The van der Waals surface area contributed by atoms with Crippen LogP contribution in [0.1, 0.15) is 51.9 Å². The second-order valence-electron chi connectivity index (χ2n) is 4.71. The Morgan fingerprint density at radius 2 is 2.07 bits per heavy atom. The summed E-state index contributed by atoms with van der Waals surface area (Å²) in [5.41, 5.74) is 0.126. The van der Waals surface area contributed by atoms with Gasteiger partial charge in [-0.05, 0) is 11.8 Å². The third-order valence-corrected chi connectivity index (χ3v) is 1.85. The van der Waals surface area contributed by atoms with Crippen molar-refractivity contribution in [1.82, 2.24) is 10.1 Å². The van der Waals surface area contributed by atoms with Crippen LogP contribution in [-0.2, 0) is 6.42 Å². The molecule has 0 aromatic carbocycles. The van der Waals surface area contributed by atoms with Gasteiger partial charge in [0.15, 0.2) is 5.82 Å². The van der Waals surface area contributed by atoms with Gasteiger partial charge in [0.1, 0.15) is 6.10 Å². The maximum absolute atomic E-state index is 9.46. The molecule has 80 valence electrons. The van der Waals surface area contributed by atoms with E-state index in [0.29, 0.717) is 18.1 Å². The van der Waals surface area contributed by atoms with Crippen LogP contribution < -0.4 is 0 Å². The number of nitrogens with zero attached hydrogens (tertiary/aromatic N) is 2. The molecule has 1 heterocycles. The normalized spacial score (nSPS) is 14.4. The van der Waals surface area contributed by atoms with Gasteiger partial charge in [-0.25, -0.2) is 0 Å². The maximum atomic E-state index is 9.46.